The third kappa shape index (κ3) is 2.79. The second-order valence-corrected chi connectivity index (χ2v) is 5.92. The van der Waals surface area contributed by atoms with Gasteiger partial charge in [0.15, 0.2) is 5.16 Å². The van der Waals surface area contributed by atoms with E-state index in [1.807, 2.05) is 47.0 Å². The second-order valence-electron chi connectivity index (χ2n) is 4.27. The minimum Gasteiger partial charge on any atom is -0.481 e. The summed E-state index contributed by atoms with van der Waals surface area (Å²) in [7, 11) is 0. The SMILES string of the molecule is O=C(O)CSc1nnc(Br)n1-c1cccc2ccccc12. The lowest BCUT2D eigenvalue weighted by atomic mass is 10.1. The van der Waals surface area contributed by atoms with Gasteiger partial charge in [-0.05, 0) is 27.4 Å². The number of hydrogen-bond donors (Lipinski definition) is 1. The molecule has 0 saturated heterocycles. The zero-order valence-electron chi connectivity index (χ0n) is 10.7. The van der Waals surface area contributed by atoms with Gasteiger partial charge in [0, 0.05) is 5.39 Å². The summed E-state index contributed by atoms with van der Waals surface area (Å²) in [5.41, 5.74) is 0.915. The Morgan fingerprint density at radius 1 is 1.19 bits per heavy atom. The molecule has 3 rings (SSSR count). The van der Waals surface area contributed by atoms with Gasteiger partial charge in [0.2, 0.25) is 4.73 Å². The van der Waals surface area contributed by atoms with Crippen LogP contribution in [0, 0.1) is 0 Å². The Balaban J connectivity index is 2.14. The Hall–Kier alpha value is -1.86. The number of benzene rings is 2. The summed E-state index contributed by atoms with van der Waals surface area (Å²) in [4.78, 5) is 10.7. The minimum absolute atomic E-state index is 0.0596. The van der Waals surface area contributed by atoms with Crippen LogP contribution in [0.2, 0.25) is 0 Å². The minimum atomic E-state index is -0.886. The van der Waals surface area contributed by atoms with E-state index in [2.05, 4.69) is 26.1 Å². The summed E-state index contributed by atoms with van der Waals surface area (Å²) in [5.74, 6) is -0.945. The molecule has 5 nitrogen and oxygen atoms in total. The van der Waals surface area contributed by atoms with Crippen molar-refractivity contribution in [3.8, 4) is 5.69 Å². The van der Waals surface area contributed by atoms with Crippen LogP contribution >= 0.6 is 27.7 Å². The van der Waals surface area contributed by atoms with E-state index in [1.54, 1.807) is 0 Å². The van der Waals surface area contributed by atoms with Gasteiger partial charge in [-0.15, -0.1) is 10.2 Å². The van der Waals surface area contributed by atoms with Crippen molar-refractivity contribution < 1.29 is 9.90 Å². The summed E-state index contributed by atoms with van der Waals surface area (Å²) < 4.78 is 2.36. The number of carboxylic acids is 1. The fourth-order valence-electron chi connectivity index (χ4n) is 2.08. The fraction of sp³-hybridized carbons (Fsp3) is 0.0714. The average Bonchev–Trinajstić information content (AvgIpc) is 2.85. The number of carbonyl (C=O) groups is 1. The zero-order valence-corrected chi connectivity index (χ0v) is 13.1. The highest BCUT2D eigenvalue weighted by atomic mass is 79.9. The van der Waals surface area contributed by atoms with Crippen molar-refractivity contribution >= 4 is 44.4 Å². The summed E-state index contributed by atoms with van der Waals surface area (Å²) >= 11 is 4.51. The van der Waals surface area contributed by atoms with Gasteiger partial charge in [-0.3, -0.25) is 9.36 Å². The van der Waals surface area contributed by atoms with Crippen LogP contribution in [0.15, 0.2) is 52.4 Å². The van der Waals surface area contributed by atoms with E-state index in [9.17, 15) is 4.79 Å². The monoisotopic (exact) mass is 363 g/mol. The molecular weight excluding hydrogens is 354 g/mol. The lowest BCUT2D eigenvalue weighted by Crippen LogP contribution is -2.02. The summed E-state index contributed by atoms with van der Waals surface area (Å²) in [5, 5.41) is 19.6. The molecule has 0 amide bonds. The molecule has 1 heterocycles. The Kier molecular flexibility index (Phi) is 3.94. The third-order valence-electron chi connectivity index (χ3n) is 2.93. The highest BCUT2D eigenvalue weighted by molar-refractivity contribution is 9.10. The fourth-order valence-corrected chi connectivity index (χ4v) is 3.30. The Bertz CT molecular complexity index is 814. The van der Waals surface area contributed by atoms with Gasteiger partial charge in [-0.2, -0.15) is 0 Å². The van der Waals surface area contributed by atoms with Crippen LogP contribution < -0.4 is 0 Å². The molecule has 0 aliphatic rings. The van der Waals surface area contributed by atoms with E-state index < -0.39 is 5.97 Å². The van der Waals surface area contributed by atoms with Crippen molar-refractivity contribution in [2.75, 3.05) is 5.75 Å². The maximum Gasteiger partial charge on any atom is 0.313 e. The topological polar surface area (TPSA) is 68.0 Å². The Morgan fingerprint density at radius 2 is 1.95 bits per heavy atom. The lowest BCUT2D eigenvalue weighted by Gasteiger charge is -2.10. The van der Waals surface area contributed by atoms with Crippen LogP contribution in [0.3, 0.4) is 0 Å². The normalized spacial score (nSPS) is 10.9. The molecule has 0 fully saturated rings. The Morgan fingerprint density at radius 3 is 2.76 bits per heavy atom. The molecule has 1 N–H and O–H groups in total. The number of carboxylic acid groups (broad SMARTS) is 1. The molecule has 7 heteroatoms. The summed E-state index contributed by atoms with van der Waals surface area (Å²) in [6, 6.07) is 13.9. The van der Waals surface area contributed by atoms with E-state index in [1.165, 1.54) is 0 Å². The van der Waals surface area contributed by atoms with Crippen molar-refractivity contribution in [2.45, 2.75) is 5.16 Å². The predicted molar refractivity (Wildman–Crippen MR) is 84.9 cm³/mol. The molecule has 0 radical (unpaired) electrons. The molecule has 21 heavy (non-hydrogen) atoms. The van der Waals surface area contributed by atoms with Gasteiger partial charge in [-0.1, -0.05) is 48.2 Å². The molecule has 1 aromatic heterocycles. The first-order chi connectivity index (χ1) is 10.2. The van der Waals surface area contributed by atoms with Gasteiger partial charge < -0.3 is 5.11 Å². The predicted octanol–water partition coefficient (Wildman–Crippen LogP) is 3.36. The highest BCUT2D eigenvalue weighted by Gasteiger charge is 2.15. The molecule has 0 spiro atoms. The van der Waals surface area contributed by atoms with E-state index in [0.29, 0.717) is 9.89 Å². The molecule has 2 aromatic carbocycles. The number of fused-ring (bicyclic) bond motifs is 1. The largest absolute Gasteiger partial charge is 0.481 e. The van der Waals surface area contributed by atoms with Gasteiger partial charge >= 0.3 is 5.97 Å². The molecule has 0 aliphatic heterocycles. The number of aromatic nitrogens is 3. The van der Waals surface area contributed by atoms with Crippen LogP contribution in [-0.4, -0.2) is 31.6 Å². The van der Waals surface area contributed by atoms with Gasteiger partial charge in [0.05, 0.1) is 11.4 Å². The van der Waals surface area contributed by atoms with E-state index in [0.717, 1.165) is 28.2 Å². The standard InChI is InChI=1S/C14H10BrN3O2S/c15-13-16-17-14(21-8-12(19)20)18(13)11-7-3-5-9-4-1-2-6-10(9)11/h1-7H,8H2,(H,19,20). The summed E-state index contributed by atoms with van der Waals surface area (Å²) in [6.45, 7) is 0. The van der Waals surface area contributed by atoms with Crippen LogP contribution in [0.5, 0.6) is 0 Å². The van der Waals surface area contributed by atoms with E-state index in [4.69, 9.17) is 5.11 Å². The number of thioether (sulfide) groups is 1. The van der Waals surface area contributed by atoms with Crippen molar-refractivity contribution in [3.63, 3.8) is 0 Å². The smallest absolute Gasteiger partial charge is 0.313 e. The first kappa shape index (κ1) is 14.1. The average molecular weight is 364 g/mol. The number of nitrogens with zero attached hydrogens (tertiary/aromatic N) is 3. The maximum absolute atomic E-state index is 10.7. The highest BCUT2D eigenvalue weighted by Crippen LogP contribution is 2.29. The zero-order chi connectivity index (χ0) is 14.8. The molecule has 0 unspecified atom stereocenters. The maximum atomic E-state index is 10.7. The van der Waals surface area contributed by atoms with E-state index >= 15 is 0 Å². The van der Waals surface area contributed by atoms with Crippen LogP contribution in [0.4, 0.5) is 0 Å². The molecule has 0 atom stereocenters. The number of hydrogen-bond acceptors (Lipinski definition) is 4. The molecule has 0 aliphatic carbocycles. The quantitative estimate of drug-likeness (QED) is 0.719. The first-order valence-electron chi connectivity index (χ1n) is 6.10. The third-order valence-corrected chi connectivity index (χ3v) is 4.35. The molecule has 0 saturated carbocycles. The van der Waals surface area contributed by atoms with Crippen molar-refractivity contribution in [3.05, 3.63) is 47.2 Å². The van der Waals surface area contributed by atoms with Gasteiger partial charge in [-0.25, -0.2) is 0 Å². The molecular formula is C14H10BrN3O2S. The van der Waals surface area contributed by atoms with Crippen LogP contribution in [0.25, 0.3) is 16.5 Å². The summed E-state index contributed by atoms with van der Waals surface area (Å²) in [6.07, 6.45) is 0. The molecule has 0 bridgehead atoms. The number of halogens is 1. The molecule has 3 aromatic rings. The van der Waals surface area contributed by atoms with Crippen LogP contribution in [-0.2, 0) is 4.79 Å². The van der Waals surface area contributed by atoms with Crippen molar-refractivity contribution in [1.29, 1.82) is 0 Å². The molecule has 106 valence electrons. The first-order valence-corrected chi connectivity index (χ1v) is 7.88. The van der Waals surface area contributed by atoms with E-state index in [-0.39, 0.29) is 5.75 Å². The number of aliphatic carboxylic acids is 1. The van der Waals surface area contributed by atoms with Crippen molar-refractivity contribution in [2.24, 2.45) is 0 Å². The lowest BCUT2D eigenvalue weighted by molar-refractivity contribution is -0.133. The van der Waals surface area contributed by atoms with Gasteiger partial charge in [0.1, 0.15) is 0 Å². The van der Waals surface area contributed by atoms with Crippen LogP contribution in [0.1, 0.15) is 0 Å². The number of rotatable bonds is 4. The van der Waals surface area contributed by atoms with Gasteiger partial charge in [0.25, 0.3) is 0 Å². The second kappa shape index (κ2) is 5.87. The Labute approximate surface area is 133 Å². The van der Waals surface area contributed by atoms with Crippen molar-refractivity contribution in [1.82, 2.24) is 14.8 Å².